The summed E-state index contributed by atoms with van der Waals surface area (Å²) < 4.78 is 10.9. The third kappa shape index (κ3) is 3.91. The van der Waals surface area contributed by atoms with E-state index in [4.69, 9.17) is 21.1 Å². The summed E-state index contributed by atoms with van der Waals surface area (Å²) in [5, 5.41) is 19.4. The van der Waals surface area contributed by atoms with Crippen LogP contribution in [0.2, 0.25) is 5.02 Å². The first-order chi connectivity index (χ1) is 10.0. The molecule has 6 heteroatoms. The van der Waals surface area contributed by atoms with Gasteiger partial charge in [-0.1, -0.05) is 23.7 Å². The van der Waals surface area contributed by atoms with Crippen LogP contribution in [0, 0.1) is 6.92 Å². The van der Waals surface area contributed by atoms with Gasteiger partial charge in [-0.3, -0.25) is 0 Å². The maximum absolute atomic E-state index is 9.40. The number of hydrogen-bond acceptors (Lipinski definition) is 4. The van der Waals surface area contributed by atoms with E-state index in [1.807, 2.05) is 13.0 Å². The minimum Gasteiger partial charge on any atom is -0.497 e. The van der Waals surface area contributed by atoms with E-state index in [-0.39, 0.29) is 6.61 Å². The van der Waals surface area contributed by atoms with Crippen LogP contribution in [0.4, 0.5) is 0 Å². The summed E-state index contributed by atoms with van der Waals surface area (Å²) in [7, 11) is -0.00850. The second kappa shape index (κ2) is 6.85. The highest BCUT2D eigenvalue weighted by molar-refractivity contribution is 6.59. The second-order valence-electron chi connectivity index (χ2n) is 4.64. The van der Waals surface area contributed by atoms with Gasteiger partial charge in [0.25, 0.3) is 0 Å². The molecule has 0 heterocycles. The SMILES string of the molecule is COc1ccc(B(O)O)c(COc2cc(Cl)ccc2C)c1. The summed E-state index contributed by atoms with van der Waals surface area (Å²) in [6, 6.07) is 10.4. The fourth-order valence-corrected chi connectivity index (χ4v) is 2.13. The summed E-state index contributed by atoms with van der Waals surface area (Å²) in [4.78, 5) is 0. The van der Waals surface area contributed by atoms with Crippen molar-refractivity contribution in [2.75, 3.05) is 7.11 Å². The van der Waals surface area contributed by atoms with Crippen LogP contribution < -0.4 is 14.9 Å². The molecule has 0 unspecified atom stereocenters. The van der Waals surface area contributed by atoms with Crippen molar-refractivity contribution >= 4 is 24.2 Å². The van der Waals surface area contributed by atoms with E-state index < -0.39 is 7.12 Å². The molecular weight excluding hydrogens is 290 g/mol. The van der Waals surface area contributed by atoms with Crippen molar-refractivity contribution in [2.45, 2.75) is 13.5 Å². The standard InChI is InChI=1S/C15H16BClO4/c1-10-3-4-12(17)8-15(10)21-9-11-7-13(20-2)5-6-14(11)16(18)19/h3-8,18-19H,9H2,1-2H3. The number of rotatable bonds is 5. The average Bonchev–Trinajstić information content (AvgIpc) is 2.47. The average molecular weight is 307 g/mol. The van der Waals surface area contributed by atoms with Crippen molar-refractivity contribution in [3.05, 3.63) is 52.5 Å². The quantitative estimate of drug-likeness (QED) is 0.829. The molecule has 0 bridgehead atoms. The first-order valence-corrected chi connectivity index (χ1v) is 6.81. The molecule has 0 atom stereocenters. The fourth-order valence-electron chi connectivity index (χ4n) is 1.97. The molecular formula is C15H16BClO4. The van der Waals surface area contributed by atoms with Crippen LogP contribution in [-0.4, -0.2) is 24.3 Å². The summed E-state index contributed by atoms with van der Waals surface area (Å²) in [6.45, 7) is 2.10. The van der Waals surface area contributed by atoms with Gasteiger partial charge in [-0.25, -0.2) is 0 Å². The number of halogens is 1. The molecule has 110 valence electrons. The van der Waals surface area contributed by atoms with E-state index in [9.17, 15) is 10.0 Å². The molecule has 0 spiro atoms. The molecule has 0 fully saturated rings. The van der Waals surface area contributed by atoms with Crippen molar-refractivity contribution in [2.24, 2.45) is 0 Å². The smallest absolute Gasteiger partial charge is 0.488 e. The topological polar surface area (TPSA) is 58.9 Å². The first kappa shape index (κ1) is 15.7. The van der Waals surface area contributed by atoms with Crippen LogP contribution in [0.15, 0.2) is 36.4 Å². The van der Waals surface area contributed by atoms with Gasteiger partial charge >= 0.3 is 7.12 Å². The predicted molar refractivity (Wildman–Crippen MR) is 83.3 cm³/mol. The van der Waals surface area contributed by atoms with E-state index in [1.165, 1.54) is 0 Å². The monoisotopic (exact) mass is 306 g/mol. The Balaban J connectivity index is 2.24. The molecule has 2 aromatic carbocycles. The Hall–Kier alpha value is -1.69. The summed E-state index contributed by atoms with van der Waals surface area (Å²) in [6.07, 6.45) is 0. The first-order valence-electron chi connectivity index (χ1n) is 6.43. The van der Waals surface area contributed by atoms with E-state index in [0.717, 1.165) is 5.56 Å². The highest BCUT2D eigenvalue weighted by Crippen LogP contribution is 2.23. The lowest BCUT2D eigenvalue weighted by Gasteiger charge is -2.14. The van der Waals surface area contributed by atoms with Crippen LogP contribution in [0.25, 0.3) is 0 Å². The van der Waals surface area contributed by atoms with Gasteiger partial charge in [0.2, 0.25) is 0 Å². The normalized spacial score (nSPS) is 10.3. The van der Waals surface area contributed by atoms with E-state index >= 15 is 0 Å². The second-order valence-corrected chi connectivity index (χ2v) is 5.07. The van der Waals surface area contributed by atoms with Gasteiger partial charge in [0, 0.05) is 5.02 Å². The molecule has 2 rings (SSSR count). The number of hydrogen-bond donors (Lipinski definition) is 2. The van der Waals surface area contributed by atoms with Crippen LogP contribution in [-0.2, 0) is 6.61 Å². The lowest BCUT2D eigenvalue weighted by atomic mass is 9.77. The van der Waals surface area contributed by atoms with Gasteiger partial charge in [0.1, 0.15) is 18.1 Å². The Morgan fingerprint density at radius 3 is 2.57 bits per heavy atom. The minimum atomic E-state index is -1.56. The van der Waals surface area contributed by atoms with Crippen molar-refractivity contribution in [1.82, 2.24) is 0 Å². The maximum Gasteiger partial charge on any atom is 0.488 e. The van der Waals surface area contributed by atoms with Gasteiger partial charge in [0.15, 0.2) is 0 Å². The Labute approximate surface area is 129 Å². The number of aryl methyl sites for hydroxylation is 1. The molecule has 0 aromatic heterocycles. The zero-order valence-electron chi connectivity index (χ0n) is 11.8. The molecule has 2 N–H and O–H groups in total. The van der Waals surface area contributed by atoms with E-state index in [0.29, 0.717) is 27.5 Å². The van der Waals surface area contributed by atoms with Crippen molar-refractivity contribution in [3.8, 4) is 11.5 Å². The Bertz CT molecular complexity index is 631. The Kier molecular flexibility index (Phi) is 5.12. The molecule has 0 saturated heterocycles. The number of benzene rings is 2. The van der Waals surface area contributed by atoms with Gasteiger partial charge in [-0.15, -0.1) is 0 Å². The third-order valence-corrected chi connectivity index (χ3v) is 3.40. The van der Waals surface area contributed by atoms with E-state index in [1.54, 1.807) is 37.4 Å². The fraction of sp³-hybridized carbons (Fsp3) is 0.200. The lowest BCUT2D eigenvalue weighted by Crippen LogP contribution is -2.33. The number of ether oxygens (including phenoxy) is 2. The Morgan fingerprint density at radius 1 is 1.14 bits per heavy atom. The maximum atomic E-state index is 9.40. The molecule has 21 heavy (non-hydrogen) atoms. The van der Waals surface area contributed by atoms with Crippen LogP contribution in [0.1, 0.15) is 11.1 Å². The molecule has 0 aliphatic rings. The third-order valence-electron chi connectivity index (χ3n) is 3.16. The van der Waals surface area contributed by atoms with Crippen molar-refractivity contribution in [1.29, 1.82) is 0 Å². The molecule has 0 aliphatic heterocycles. The number of methoxy groups -OCH3 is 1. The molecule has 0 aliphatic carbocycles. The van der Waals surface area contributed by atoms with Gasteiger partial charge in [0.05, 0.1) is 7.11 Å². The zero-order valence-corrected chi connectivity index (χ0v) is 12.6. The van der Waals surface area contributed by atoms with Crippen LogP contribution >= 0.6 is 11.6 Å². The zero-order chi connectivity index (χ0) is 15.4. The summed E-state index contributed by atoms with van der Waals surface area (Å²) in [5.74, 6) is 1.28. The molecule has 2 aromatic rings. The predicted octanol–water partition coefficient (Wildman–Crippen LogP) is 1.92. The lowest BCUT2D eigenvalue weighted by molar-refractivity contribution is 0.303. The van der Waals surface area contributed by atoms with Crippen molar-refractivity contribution in [3.63, 3.8) is 0 Å². The Morgan fingerprint density at radius 2 is 1.90 bits per heavy atom. The highest BCUT2D eigenvalue weighted by atomic mass is 35.5. The van der Waals surface area contributed by atoms with E-state index in [2.05, 4.69) is 0 Å². The summed E-state index contributed by atoms with van der Waals surface area (Å²) >= 11 is 5.95. The van der Waals surface area contributed by atoms with Crippen molar-refractivity contribution < 1.29 is 19.5 Å². The highest BCUT2D eigenvalue weighted by Gasteiger charge is 2.17. The van der Waals surface area contributed by atoms with Gasteiger partial charge in [-0.05, 0) is 47.8 Å². The molecule has 4 nitrogen and oxygen atoms in total. The van der Waals surface area contributed by atoms with Crippen LogP contribution in [0.3, 0.4) is 0 Å². The minimum absolute atomic E-state index is 0.186. The van der Waals surface area contributed by atoms with Gasteiger partial charge in [-0.2, -0.15) is 0 Å². The molecule has 0 saturated carbocycles. The summed E-state index contributed by atoms with van der Waals surface area (Å²) in [5.41, 5.74) is 1.98. The largest absolute Gasteiger partial charge is 0.497 e. The molecule has 0 amide bonds. The van der Waals surface area contributed by atoms with Crippen LogP contribution in [0.5, 0.6) is 11.5 Å². The molecule has 0 radical (unpaired) electrons. The van der Waals surface area contributed by atoms with Gasteiger partial charge < -0.3 is 19.5 Å².